The predicted molar refractivity (Wildman–Crippen MR) is 117 cm³/mol. The van der Waals surface area contributed by atoms with Crippen LogP contribution in [0.2, 0.25) is 0 Å². The molecule has 156 valence electrons. The lowest BCUT2D eigenvalue weighted by atomic mass is 10.0. The fourth-order valence-corrected chi connectivity index (χ4v) is 3.71. The summed E-state index contributed by atoms with van der Waals surface area (Å²) in [5.74, 6) is 0.413. The van der Waals surface area contributed by atoms with E-state index in [0.717, 1.165) is 11.1 Å². The van der Waals surface area contributed by atoms with Gasteiger partial charge < -0.3 is 10.1 Å². The lowest BCUT2D eigenvalue weighted by Crippen LogP contribution is -2.28. The molecule has 0 aliphatic carbocycles. The zero-order chi connectivity index (χ0) is 21.6. The number of nitrogens with one attached hydrogen (secondary N) is 1. The number of ether oxygens (including phenoxy) is 1. The third kappa shape index (κ3) is 5.70. The van der Waals surface area contributed by atoms with Crippen molar-refractivity contribution in [2.45, 2.75) is 30.9 Å². The van der Waals surface area contributed by atoms with Gasteiger partial charge in [-0.2, -0.15) is 0 Å². The van der Waals surface area contributed by atoms with Crippen molar-refractivity contribution in [2.75, 3.05) is 6.26 Å². The van der Waals surface area contributed by atoms with Crippen LogP contribution in [0.25, 0.3) is 0 Å². The fraction of sp³-hybridized carbons (Fsp3) is 0.208. The summed E-state index contributed by atoms with van der Waals surface area (Å²) in [6.45, 7) is 2.39. The molecule has 0 aromatic heterocycles. The summed E-state index contributed by atoms with van der Waals surface area (Å²) in [5.41, 5.74) is 2.41. The first-order valence-corrected chi connectivity index (χ1v) is 11.6. The van der Waals surface area contributed by atoms with Gasteiger partial charge in [-0.3, -0.25) is 4.79 Å². The second kappa shape index (κ2) is 9.59. The van der Waals surface area contributed by atoms with Crippen molar-refractivity contribution in [3.05, 3.63) is 95.6 Å². The Balaban J connectivity index is 1.68. The molecule has 3 aromatic carbocycles. The molecule has 0 aliphatic heterocycles. The Kier molecular flexibility index (Phi) is 6.90. The van der Waals surface area contributed by atoms with Crippen LogP contribution in [0.1, 0.15) is 40.9 Å². The third-order valence-electron chi connectivity index (χ3n) is 4.77. The Morgan fingerprint density at radius 2 is 1.67 bits per heavy atom. The highest BCUT2D eigenvalue weighted by Gasteiger charge is 2.16. The van der Waals surface area contributed by atoms with E-state index in [2.05, 4.69) is 5.32 Å². The molecule has 0 heterocycles. The predicted octanol–water partition coefficient (Wildman–Crippen LogP) is 4.55. The minimum absolute atomic E-state index is 0.209. The van der Waals surface area contributed by atoms with Gasteiger partial charge in [0.15, 0.2) is 9.84 Å². The summed E-state index contributed by atoms with van der Waals surface area (Å²) >= 11 is 0. The summed E-state index contributed by atoms with van der Waals surface area (Å²) in [4.78, 5) is 13.0. The van der Waals surface area contributed by atoms with Gasteiger partial charge in [0.05, 0.1) is 10.9 Å². The average molecular weight is 424 g/mol. The average Bonchev–Trinajstić information content (AvgIpc) is 2.76. The Labute approximate surface area is 177 Å². The molecule has 3 aromatic rings. The number of rotatable bonds is 8. The van der Waals surface area contributed by atoms with E-state index in [-0.39, 0.29) is 16.8 Å². The normalized spacial score (nSPS) is 12.2. The first-order chi connectivity index (χ1) is 14.4. The number of hydrogen-bond acceptors (Lipinski definition) is 4. The van der Waals surface area contributed by atoms with E-state index in [1.807, 2.05) is 43.3 Å². The van der Waals surface area contributed by atoms with E-state index >= 15 is 0 Å². The smallest absolute Gasteiger partial charge is 0.251 e. The lowest BCUT2D eigenvalue weighted by Gasteiger charge is -2.18. The highest BCUT2D eigenvalue weighted by molar-refractivity contribution is 7.90. The molecule has 0 aliphatic rings. The van der Waals surface area contributed by atoms with Crippen molar-refractivity contribution >= 4 is 15.7 Å². The summed E-state index contributed by atoms with van der Waals surface area (Å²) in [7, 11) is -3.25. The molecule has 0 saturated carbocycles. The van der Waals surface area contributed by atoms with E-state index in [0.29, 0.717) is 24.3 Å². The second-order valence-corrected chi connectivity index (χ2v) is 9.09. The molecule has 0 spiro atoms. The van der Waals surface area contributed by atoms with Crippen LogP contribution in [0.15, 0.2) is 83.8 Å². The molecule has 0 radical (unpaired) electrons. The summed E-state index contributed by atoms with van der Waals surface area (Å²) in [6, 6.07) is 23.3. The first-order valence-electron chi connectivity index (χ1n) is 9.74. The molecular formula is C24H25NO4S. The number of amides is 1. The van der Waals surface area contributed by atoms with E-state index in [9.17, 15) is 13.2 Å². The molecule has 1 N–H and O–H groups in total. The minimum Gasteiger partial charge on any atom is -0.489 e. The number of carbonyl (C=O) groups is 1. The monoisotopic (exact) mass is 423 g/mol. The summed E-state index contributed by atoms with van der Waals surface area (Å²) in [5, 5.41) is 3.01. The highest BCUT2D eigenvalue weighted by atomic mass is 32.2. The quantitative estimate of drug-likeness (QED) is 0.577. The van der Waals surface area contributed by atoms with E-state index in [4.69, 9.17) is 4.74 Å². The first kappa shape index (κ1) is 21.6. The molecule has 5 nitrogen and oxygen atoms in total. The third-order valence-corrected chi connectivity index (χ3v) is 5.90. The maximum Gasteiger partial charge on any atom is 0.251 e. The molecule has 3 rings (SSSR count). The zero-order valence-electron chi connectivity index (χ0n) is 17.0. The van der Waals surface area contributed by atoms with Crippen LogP contribution in [0.3, 0.4) is 0 Å². The zero-order valence-corrected chi connectivity index (χ0v) is 17.9. The second-order valence-electron chi connectivity index (χ2n) is 7.08. The van der Waals surface area contributed by atoms with Crippen LogP contribution in [-0.4, -0.2) is 20.6 Å². The Morgan fingerprint density at radius 1 is 0.967 bits per heavy atom. The van der Waals surface area contributed by atoms with Gasteiger partial charge in [-0.1, -0.05) is 55.5 Å². The molecule has 6 heteroatoms. The summed E-state index contributed by atoms with van der Waals surface area (Å²) < 4.78 is 29.1. The number of carbonyl (C=O) groups excluding carboxylic acids is 1. The molecule has 0 fully saturated rings. The van der Waals surface area contributed by atoms with Gasteiger partial charge in [-0.25, -0.2) is 8.42 Å². The molecule has 0 unspecified atom stereocenters. The standard InChI is InChI=1S/C24H25NO4S/c1-3-23(19-12-14-22(15-13-19)30(2,27)28)25-24(26)20-10-7-11-21(16-20)29-17-18-8-5-4-6-9-18/h4-16,23H,3,17H2,1-2H3,(H,25,26)/t23-/m1/s1. The van der Waals surface area contributed by atoms with Gasteiger partial charge in [-0.05, 0) is 47.9 Å². The van der Waals surface area contributed by atoms with Crippen LogP contribution < -0.4 is 10.1 Å². The van der Waals surface area contributed by atoms with Gasteiger partial charge in [0.1, 0.15) is 12.4 Å². The SMILES string of the molecule is CC[C@@H](NC(=O)c1cccc(OCc2ccccc2)c1)c1ccc(S(C)(=O)=O)cc1. The van der Waals surface area contributed by atoms with Crippen LogP contribution in [0.4, 0.5) is 0 Å². The topological polar surface area (TPSA) is 72.5 Å². The van der Waals surface area contributed by atoms with E-state index in [1.165, 1.54) is 6.26 Å². The molecule has 0 saturated heterocycles. The van der Waals surface area contributed by atoms with Crippen molar-refractivity contribution in [1.82, 2.24) is 5.32 Å². The maximum absolute atomic E-state index is 12.8. The Morgan fingerprint density at radius 3 is 2.30 bits per heavy atom. The van der Waals surface area contributed by atoms with Gasteiger partial charge >= 0.3 is 0 Å². The Bertz CT molecular complexity index is 1090. The van der Waals surface area contributed by atoms with Crippen LogP contribution in [0, 0.1) is 0 Å². The maximum atomic E-state index is 12.8. The van der Waals surface area contributed by atoms with Crippen molar-refractivity contribution in [3.63, 3.8) is 0 Å². The lowest BCUT2D eigenvalue weighted by molar-refractivity contribution is 0.0935. The highest BCUT2D eigenvalue weighted by Crippen LogP contribution is 2.21. The molecule has 0 bridgehead atoms. The van der Waals surface area contributed by atoms with Gasteiger partial charge in [-0.15, -0.1) is 0 Å². The van der Waals surface area contributed by atoms with Crippen molar-refractivity contribution in [1.29, 1.82) is 0 Å². The fourth-order valence-electron chi connectivity index (χ4n) is 3.08. The van der Waals surface area contributed by atoms with E-state index < -0.39 is 9.84 Å². The van der Waals surface area contributed by atoms with Gasteiger partial charge in [0.25, 0.3) is 5.91 Å². The van der Waals surface area contributed by atoms with Crippen LogP contribution in [0.5, 0.6) is 5.75 Å². The van der Waals surface area contributed by atoms with Crippen LogP contribution >= 0.6 is 0 Å². The van der Waals surface area contributed by atoms with Gasteiger partial charge in [0.2, 0.25) is 0 Å². The molecule has 1 atom stereocenters. The minimum atomic E-state index is -3.25. The summed E-state index contributed by atoms with van der Waals surface area (Å²) in [6.07, 6.45) is 1.85. The number of sulfone groups is 1. The van der Waals surface area contributed by atoms with E-state index in [1.54, 1.807) is 42.5 Å². The molecule has 1 amide bonds. The molecule has 30 heavy (non-hydrogen) atoms. The Hall–Kier alpha value is -3.12. The number of benzene rings is 3. The molecular weight excluding hydrogens is 398 g/mol. The van der Waals surface area contributed by atoms with Crippen molar-refractivity contribution in [3.8, 4) is 5.75 Å². The van der Waals surface area contributed by atoms with Crippen molar-refractivity contribution < 1.29 is 17.9 Å². The number of hydrogen-bond donors (Lipinski definition) is 1. The largest absolute Gasteiger partial charge is 0.489 e. The van der Waals surface area contributed by atoms with Crippen molar-refractivity contribution in [2.24, 2.45) is 0 Å². The van der Waals surface area contributed by atoms with Gasteiger partial charge in [0, 0.05) is 11.8 Å². The van der Waals surface area contributed by atoms with Crippen LogP contribution in [-0.2, 0) is 16.4 Å².